The summed E-state index contributed by atoms with van der Waals surface area (Å²) in [6.07, 6.45) is 3.83. The molecule has 0 bridgehead atoms. The summed E-state index contributed by atoms with van der Waals surface area (Å²) in [5.74, 6) is -1.03. The molecule has 27 heavy (non-hydrogen) atoms. The summed E-state index contributed by atoms with van der Waals surface area (Å²) < 4.78 is 25.2. The number of esters is 2. The Bertz CT molecular complexity index is 408. The summed E-state index contributed by atoms with van der Waals surface area (Å²) in [5, 5.41) is 19.1. The summed E-state index contributed by atoms with van der Waals surface area (Å²) in [6.45, 7) is 4.31. The van der Waals surface area contributed by atoms with Crippen molar-refractivity contribution in [3.8, 4) is 0 Å². The Labute approximate surface area is 159 Å². The van der Waals surface area contributed by atoms with Gasteiger partial charge in [-0.05, 0) is 13.8 Å². The molecule has 0 aliphatic carbocycles. The molecular formula is C18H30O9. The first kappa shape index (κ1) is 25.2. The smallest absolute Gasteiger partial charge is 0.330 e. The van der Waals surface area contributed by atoms with Crippen molar-refractivity contribution in [2.75, 3.05) is 52.9 Å². The van der Waals surface area contributed by atoms with Crippen molar-refractivity contribution in [2.24, 2.45) is 0 Å². The van der Waals surface area contributed by atoms with Crippen LogP contribution < -0.4 is 0 Å². The monoisotopic (exact) mass is 390 g/mol. The van der Waals surface area contributed by atoms with Gasteiger partial charge in [0.15, 0.2) is 0 Å². The minimum absolute atomic E-state index is 0.0289. The Morgan fingerprint density at radius 2 is 1.07 bits per heavy atom. The largest absolute Gasteiger partial charge is 0.460 e. The van der Waals surface area contributed by atoms with E-state index in [4.69, 9.17) is 23.7 Å². The average molecular weight is 390 g/mol. The predicted molar refractivity (Wildman–Crippen MR) is 96.0 cm³/mol. The number of hydrogen-bond acceptors (Lipinski definition) is 9. The van der Waals surface area contributed by atoms with Crippen molar-refractivity contribution in [3.63, 3.8) is 0 Å². The molecular weight excluding hydrogens is 360 g/mol. The van der Waals surface area contributed by atoms with Crippen LogP contribution in [0.4, 0.5) is 0 Å². The van der Waals surface area contributed by atoms with Gasteiger partial charge in [0.25, 0.3) is 0 Å². The highest BCUT2D eigenvalue weighted by Gasteiger charge is 2.08. The van der Waals surface area contributed by atoms with Gasteiger partial charge in [-0.25, -0.2) is 9.59 Å². The Balaban J connectivity index is 3.42. The fourth-order valence-electron chi connectivity index (χ4n) is 1.60. The molecule has 0 heterocycles. The zero-order valence-electron chi connectivity index (χ0n) is 15.9. The molecule has 2 N–H and O–H groups in total. The molecule has 0 radical (unpaired) electrons. The number of carbonyl (C=O) groups excluding carboxylic acids is 2. The molecule has 0 aliphatic heterocycles. The first-order chi connectivity index (χ1) is 13.0. The molecule has 0 aromatic rings. The molecule has 0 spiro atoms. The number of aliphatic hydroxyl groups excluding tert-OH is 2. The standard InChI is InChI=1S/C18H30O9/c1-3-5-17(21)26-13-15(19)11-24-9-7-23-8-10-25-12-16(20)14-27-18(22)6-4-2/h3-6,15-16,19-20H,7-14H2,1-2H3. The van der Waals surface area contributed by atoms with E-state index in [1.165, 1.54) is 12.2 Å². The van der Waals surface area contributed by atoms with Gasteiger partial charge in [-0.15, -0.1) is 0 Å². The number of aliphatic hydroxyl groups is 2. The van der Waals surface area contributed by atoms with Crippen LogP contribution in [-0.4, -0.2) is 87.2 Å². The van der Waals surface area contributed by atoms with Crippen molar-refractivity contribution in [1.82, 2.24) is 0 Å². The minimum Gasteiger partial charge on any atom is -0.460 e. The van der Waals surface area contributed by atoms with Crippen molar-refractivity contribution in [2.45, 2.75) is 26.1 Å². The summed E-state index contributed by atoms with van der Waals surface area (Å²) >= 11 is 0. The summed E-state index contributed by atoms with van der Waals surface area (Å²) in [7, 11) is 0. The number of carbonyl (C=O) groups is 2. The second-order valence-corrected chi connectivity index (χ2v) is 5.33. The highest BCUT2D eigenvalue weighted by Crippen LogP contribution is 1.92. The van der Waals surface area contributed by atoms with E-state index in [0.717, 1.165) is 0 Å². The molecule has 2 unspecified atom stereocenters. The fourth-order valence-corrected chi connectivity index (χ4v) is 1.60. The number of allylic oxidation sites excluding steroid dienone is 2. The summed E-state index contributed by atoms with van der Waals surface area (Å²) in [5.41, 5.74) is 0. The SMILES string of the molecule is CC=CC(=O)OCC(O)COCCOCCOCC(O)COC(=O)C=CC. The van der Waals surface area contributed by atoms with E-state index in [1.807, 2.05) is 0 Å². The van der Waals surface area contributed by atoms with Crippen molar-refractivity contribution >= 4 is 11.9 Å². The van der Waals surface area contributed by atoms with Gasteiger partial charge in [-0.2, -0.15) is 0 Å². The van der Waals surface area contributed by atoms with E-state index >= 15 is 0 Å². The fraction of sp³-hybridized carbons (Fsp3) is 0.667. The second kappa shape index (κ2) is 17.6. The van der Waals surface area contributed by atoms with Gasteiger partial charge < -0.3 is 33.9 Å². The third-order valence-corrected chi connectivity index (χ3v) is 2.81. The van der Waals surface area contributed by atoms with Gasteiger partial charge in [0, 0.05) is 12.2 Å². The zero-order chi connectivity index (χ0) is 20.3. The quantitative estimate of drug-likeness (QED) is 0.213. The molecule has 9 heteroatoms. The third-order valence-electron chi connectivity index (χ3n) is 2.81. The predicted octanol–water partition coefficient (Wildman–Crippen LogP) is -0.00340. The summed E-state index contributed by atoms with van der Waals surface area (Å²) in [6, 6.07) is 0. The van der Waals surface area contributed by atoms with E-state index in [0.29, 0.717) is 13.2 Å². The molecule has 156 valence electrons. The molecule has 0 fully saturated rings. The van der Waals surface area contributed by atoms with Crippen molar-refractivity contribution in [1.29, 1.82) is 0 Å². The molecule has 0 aliphatic rings. The maximum Gasteiger partial charge on any atom is 0.330 e. The van der Waals surface area contributed by atoms with E-state index in [1.54, 1.807) is 26.0 Å². The van der Waals surface area contributed by atoms with Crippen LogP contribution in [-0.2, 0) is 33.3 Å². The number of rotatable bonds is 16. The molecule has 0 saturated carbocycles. The van der Waals surface area contributed by atoms with Crippen molar-refractivity contribution in [3.05, 3.63) is 24.3 Å². The first-order valence-electron chi connectivity index (χ1n) is 8.67. The Kier molecular flexibility index (Phi) is 16.5. The van der Waals surface area contributed by atoms with Crippen molar-refractivity contribution < 1.29 is 43.5 Å². The Morgan fingerprint density at radius 3 is 1.44 bits per heavy atom. The van der Waals surface area contributed by atoms with Gasteiger partial charge in [0.05, 0.1) is 39.6 Å². The maximum atomic E-state index is 11.1. The molecule has 2 atom stereocenters. The lowest BCUT2D eigenvalue weighted by Crippen LogP contribution is -2.25. The molecule has 0 aromatic carbocycles. The van der Waals surface area contributed by atoms with E-state index < -0.39 is 24.1 Å². The van der Waals surface area contributed by atoms with E-state index in [2.05, 4.69) is 0 Å². The lowest BCUT2D eigenvalue weighted by Gasteiger charge is -2.12. The van der Waals surface area contributed by atoms with Crippen LogP contribution in [0.2, 0.25) is 0 Å². The van der Waals surface area contributed by atoms with Crippen LogP contribution in [0.5, 0.6) is 0 Å². The minimum atomic E-state index is -0.897. The van der Waals surface area contributed by atoms with Crippen LogP contribution in [0.1, 0.15) is 13.8 Å². The van der Waals surface area contributed by atoms with Crippen LogP contribution in [0, 0.1) is 0 Å². The Morgan fingerprint density at radius 1 is 0.704 bits per heavy atom. The lowest BCUT2D eigenvalue weighted by molar-refractivity contribution is -0.142. The number of hydrogen-bond donors (Lipinski definition) is 2. The van der Waals surface area contributed by atoms with Gasteiger partial charge in [-0.1, -0.05) is 12.2 Å². The van der Waals surface area contributed by atoms with Crippen LogP contribution in [0.25, 0.3) is 0 Å². The van der Waals surface area contributed by atoms with Gasteiger partial charge in [-0.3, -0.25) is 0 Å². The normalized spacial score (nSPS) is 13.8. The van der Waals surface area contributed by atoms with Gasteiger partial charge in [0.1, 0.15) is 25.4 Å². The topological polar surface area (TPSA) is 121 Å². The Hall–Kier alpha value is -1.78. The average Bonchev–Trinajstić information content (AvgIpc) is 2.64. The van der Waals surface area contributed by atoms with Gasteiger partial charge >= 0.3 is 11.9 Å². The van der Waals surface area contributed by atoms with Crippen LogP contribution in [0.3, 0.4) is 0 Å². The lowest BCUT2D eigenvalue weighted by atomic mass is 10.4. The maximum absolute atomic E-state index is 11.1. The van der Waals surface area contributed by atoms with E-state index in [-0.39, 0.29) is 39.6 Å². The summed E-state index contributed by atoms with van der Waals surface area (Å²) in [4.78, 5) is 22.1. The highest BCUT2D eigenvalue weighted by atomic mass is 16.6. The molecule has 0 aromatic heterocycles. The number of ether oxygens (including phenoxy) is 5. The third kappa shape index (κ3) is 17.4. The molecule has 0 saturated heterocycles. The molecule has 0 rings (SSSR count). The second-order valence-electron chi connectivity index (χ2n) is 5.33. The highest BCUT2D eigenvalue weighted by molar-refractivity contribution is 5.82. The van der Waals surface area contributed by atoms with E-state index in [9.17, 15) is 19.8 Å². The molecule has 9 nitrogen and oxygen atoms in total. The van der Waals surface area contributed by atoms with Gasteiger partial charge in [0.2, 0.25) is 0 Å². The van der Waals surface area contributed by atoms with Crippen LogP contribution in [0.15, 0.2) is 24.3 Å². The molecule has 0 amide bonds. The first-order valence-corrected chi connectivity index (χ1v) is 8.67. The van der Waals surface area contributed by atoms with Crippen LogP contribution >= 0.6 is 0 Å². The zero-order valence-corrected chi connectivity index (χ0v) is 15.9.